The molecule has 0 N–H and O–H groups in total. The summed E-state index contributed by atoms with van der Waals surface area (Å²) in [4.78, 5) is 35.5. The number of carbonyl (C=O) groups excluding carboxylic acids is 2. The van der Waals surface area contributed by atoms with Crippen molar-refractivity contribution in [2.75, 3.05) is 11.5 Å². The molecular formula is C18H18N2O6. The van der Waals surface area contributed by atoms with E-state index in [1.807, 2.05) is 32.0 Å². The Morgan fingerprint density at radius 1 is 1.23 bits per heavy atom. The van der Waals surface area contributed by atoms with Crippen molar-refractivity contribution in [2.45, 2.75) is 19.9 Å². The second-order valence-electron chi connectivity index (χ2n) is 5.57. The lowest BCUT2D eigenvalue weighted by molar-refractivity contribution is -0.402. The highest BCUT2D eigenvalue weighted by molar-refractivity contribution is 5.96. The van der Waals surface area contributed by atoms with E-state index in [0.717, 1.165) is 6.08 Å². The smallest absolute Gasteiger partial charge is 0.433 e. The van der Waals surface area contributed by atoms with Gasteiger partial charge in [0.05, 0.1) is 6.07 Å². The van der Waals surface area contributed by atoms with E-state index >= 15 is 0 Å². The molecule has 26 heavy (non-hydrogen) atoms. The van der Waals surface area contributed by atoms with E-state index in [1.165, 1.54) is 23.1 Å². The second-order valence-corrected chi connectivity index (χ2v) is 5.57. The molecule has 0 saturated carbocycles. The minimum absolute atomic E-state index is 0.109. The summed E-state index contributed by atoms with van der Waals surface area (Å²) in [5.74, 6) is -1.41. The van der Waals surface area contributed by atoms with E-state index in [4.69, 9.17) is 9.15 Å². The largest absolute Gasteiger partial charge is 0.452 e. The number of amides is 1. The topological polar surface area (TPSA) is 103 Å². The monoisotopic (exact) mass is 358 g/mol. The van der Waals surface area contributed by atoms with Gasteiger partial charge < -0.3 is 14.1 Å². The molecule has 1 aromatic carbocycles. The quantitative estimate of drug-likeness (QED) is 0.326. The fourth-order valence-electron chi connectivity index (χ4n) is 2.25. The first kappa shape index (κ1) is 18.9. The number of carbonyl (C=O) groups is 2. The van der Waals surface area contributed by atoms with Crippen LogP contribution >= 0.6 is 0 Å². The van der Waals surface area contributed by atoms with Crippen molar-refractivity contribution in [2.24, 2.45) is 0 Å². The number of nitro groups is 1. The third-order valence-corrected chi connectivity index (χ3v) is 3.33. The number of para-hydroxylation sites is 1. The summed E-state index contributed by atoms with van der Waals surface area (Å²) in [7, 11) is 0. The maximum absolute atomic E-state index is 12.4. The van der Waals surface area contributed by atoms with Gasteiger partial charge in [-0.25, -0.2) is 4.79 Å². The number of nitrogens with zero attached hydrogens (tertiary/aromatic N) is 2. The molecule has 1 heterocycles. The lowest BCUT2D eigenvalue weighted by atomic mass is 10.2. The predicted octanol–water partition coefficient (Wildman–Crippen LogP) is 3.19. The average molecular weight is 358 g/mol. The Morgan fingerprint density at radius 3 is 2.50 bits per heavy atom. The van der Waals surface area contributed by atoms with Crippen LogP contribution in [0.4, 0.5) is 11.6 Å². The molecule has 0 radical (unpaired) electrons. The van der Waals surface area contributed by atoms with E-state index in [0.29, 0.717) is 5.69 Å². The van der Waals surface area contributed by atoms with E-state index < -0.39 is 23.4 Å². The average Bonchev–Trinajstić information content (AvgIpc) is 3.08. The summed E-state index contributed by atoms with van der Waals surface area (Å²) in [6, 6.07) is 11.5. The standard InChI is InChI=1S/C18H18N2O6/c1-13(2)19(14-6-4-3-5-7-14)16(21)12-25-18(22)11-9-15-8-10-17(26-15)20(23)24/h3-11,13H,12H2,1-2H3/b11-9+. The maximum atomic E-state index is 12.4. The van der Waals surface area contributed by atoms with Crippen molar-refractivity contribution in [3.8, 4) is 0 Å². The molecule has 0 aliphatic rings. The van der Waals surface area contributed by atoms with Gasteiger partial charge in [-0.1, -0.05) is 18.2 Å². The number of esters is 1. The Kier molecular flexibility index (Phi) is 6.26. The van der Waals surface area contributed by atoms with Crippen molar-refractivity contribution in [1.29, 1.82) is 0 Å². The van der Waals surface area contributed by atoms with Crippen LogP contribution in [0.15, 0.2) is 53.0 Å². The Morgan fingerprint density at radius 2 is 1.92 bits per heavy atom. The Balaban J connectivity index is 1.93. The van der Waals surface area contributed by atoms with Gasteiger partial charge in [0, 0.05) is 17.8 Å². The van der Waals surface area contributed by atoms with Gasteiger partial charge in [0.25, 0.3) is 5.91 Å². The van der Waals surface area contributed by atoms with E-state index in [9.17, 15) is 19.7 Å². The molecule has 0 atom stereocenters. The number of hydrogen-bond acceptors (Lipinski definition) is 6. The van der Waals surface area contributed by atoms with Crippen molar-refractivity contribution >= 4 is 29.5 Å². The minimum atomic E-state index is -0.755. The molecule has 8 heteroatoms. The predicted molar refractivity (Wildman–Crippen MR) is 94.4 cm³/mol. The molecule has 0 saturated heterocycles. The third-order valence-electron chi connectivity index (χ3n) is 3.33. The first-order valence-electron chi connectivity index (χ1n) is 7.84. The zero-order valence-corrected chi connectivity index (χ0v) is 14.3. The van der Waals surface area contributed by atoms with Crippen LogP contribution in [-0.2, 0) is 14.3 Å². The second kappa shape index (κ2) is 8.61. The van der Waals surface area contributed by atoms with Crippen LogP contribution in [0.25, 0.3) is 6.08 Å². The van der Waals surface area contributed by atoms with Crippen LogP contribution in [0.5, 0.6) is 0 Å². The van der Waals surface area contributed by atoms with Gasteiger partial charge in [-0.2, -0.15) is 0 Å². The molecule has 2 aromatic rings. The summed E-state index contributed by atoms with van der Waals surface area (Å²) in [5, 5.41) is 10.5. The SMILES string of the molecule is CC(C)N(C(=O)COC(=O)/C=C/c1ccc([N+](=O)[O-])o1)c1ccccc1. The number of anilines is 1. The van der Waals surface area contributed by atoms with E-state index in [-0.39, 0.29) is 17.7 Å². The highest BCUT2D eigenvalue weighted by Crippen LogP contribution is 2.18. The molecular weight excluding hydrogens is 340 g/mol. The zero-order valence-electron chi connectivity index (χ0n) is 14.3. The summed E-state index contributed by atoms with van der Waals surface area (Å²) in [6.45, 7) is 3.29. The van der Waals surface area contributed by atoms with Crippen LogP contribution in [0, 0.1) is 10.1 Å². The molecule has 0 aliphatic heterocycles. The summed E-state index contributed by atoms with van der Waals surface area (Å²) in [5.41, 5.74) is 0.710. The molecule has 0 bridgehead atoms. The lowest BCUT2D eigenvalue weighted by Crippen LogP contribution is -2.39. The first-order valence-corrected chi connectivity index (χ1v) is 7.84. The Bertz CT molecular complexity index is 810. The normalized spacial score (nSPS) is 10.9. The van der Waals surface area contributed by atoms with Crippen molar-refractivity contribution in [3.63, 3.8) is 0 Å². The molecule has 1 aromatic heterocycles. The van der Waals surface area contributed by atoms with Gasteiger partial charge in [-0.05, 0) is 38.1 Å². The fraction of sp³-hybridized carbons (Fsp3) is 0.222. The summed E-state index contributed by atoms with van der Waals surface area (Å²) in [6.07, 6.45) is 2.27. The van der Waals surface area contributed by atoms with Crippen LogP contribution in [0.3, 0.4) is 0 Å². The van der Waals surface area contributed by atoms with Gasteiger partial charge in [0.15, 0.2) is 6.61 Å². The van der Waals surface area contributed by atoms with Crippen LogP contribution in [0.2, 0.25) is 0 Å². The van der Waals surface area contributed by atoms with Crippen molar-refractivity contribution in [3.05, 3.63) is 64.4 Å². The zero-order chi connectivity index (χ0) is 19.1. The van der Waals surface area contributed by atoms with Crippen molar-refractivity contribution < 1.29 is 23.7 Å². The van der Waals surface area contributed by atoms with Crippen molar-refractivity contribution in [1.82, 2.24) is 0 Å². The number of furan rings is 1. The van der Waals surface area contributed by atoms with Gasteiger partial charge in [-0.3, -0.25) is 14.9 Å². The van der Waals surface area contributed by atoms with Gasteiger partial charge in [0.2, 0.25) is 0 Å². The van der Waals surface area contributed by atoms with Gasteiger partial charge in [-0.15, -0.1) is 0 Å². The Labute approximate surface area is 149 Å². The summed E-state index contributed by atoms with van der Waals surface area (Å²) < 4.78 is 9.82. The van der Waals surface area contributed by atoms with Gasteiger partial charge >= 0.3 is 11.9 Å². The molecule has 0 aliphatic carbocycles. The molecule has 0 fully saturated rings. The fourth-order valence-corrected chi connectivity index (χ4v) is 2.25. The molecule has 136 valence electrons. The molecule has 0 spiro atoms. The third kappa shape index (κ3) is 5.04. The first-order chi connectivity index (χ1) is 12.4. The van der Waals surface area contributed by atoms with Crippen LogP contribution < -0.4 is 4.90 Å². The number of ether oxygens (including phenoxy) is 1. The van der Waals surface area contributed by atoms with E-state index in [2.05, 4.69) is 0 Å². The molecule has 2 rings (SSSR count). The maximum Gasteiger partial charge on any atom is 0.433 e. The highest BCUT2D eigenvalue weighted by atomic mass is 16.6. The van der Waals surface area contributed by atoms with Gasteiger partial charge in [0.1, 0.15) is 10.7 Å². The Hall–Kier alpha value is -3.42. The van der Waals surface area contributed by atoms with E-state index in [1.54, 1.807) is 12.1 Å². The van der Waals surface area contributed by atoms with Crippen LogP contribution in [0.1, 0.15) is 19.6 Å². The molecule has 8 nitrogen and oxygen atoms in total. The molecule has 0 unspecified atom stereocenters. The highest BCUT2D eigenvalue weighted by Gasteiger charge is 2.20. The number of benzene rings is 1. The number of rotatable bonds is 7. The lowest BCUT2D eigenvalue weighted by Gasteiger charge is -2.26. The summed E-state index contributed by atoms with van der Waals surface area (Å²) >= 11 is 0. The number of hydrogen-bond donors (Lipinski definition) is 0. The minimum Gasteiger partial charge on any atom is -0.452 e. The van der Waals surface area contributed by atoms with Crippen LogP contribution in [-0.4, -0.2) is 29.4 Å². The molecule has 1 amide bonds.